The molecule has 3 rings (SSSR count). The van der Waals surface area contributed by atoms with Crippen LogP contribution in [-0.2, 0) is 0 Å². The maximum Gasteiger partial charge on any atom is 0.141 e. The molecule has 4 heteroatoms. The molecule has 3 N–H and O–H groups in total. The molecule has 19 heavy (non-hydrogen) atoms. The Bertz CT molecular complexity index is 437. The molecule has 1 heterocycles. The molecule has 2 aliphatic rings. The van der Waals surface area contributed by atoms with E-state index < -0.39 is 0 Å². The summed E-state index contributed by atoms with van der Waals surface area (Å²) in [5, 5.41) is 0. The minimum absolute atomic E-state index is 0.169. The lowest BCUT2D eigenvalue weighted by atomic mass is 9.83. The maximum absolute atomic E-state index is 5.78. The highest BCUT2D eigenvalue weighted by Crippen LogP contribution is 2.51. The van der Waals surface area contributed by atoms with Gasteiger partial charge in [0.15, 0.2) is 0 Å². The largest absolute Gasteiger partial charge is 0.495 e. The Morgan fingerprint density at radius 3 is 3.00 bits per heavy atom. The zero-order chi connectivity index (χ0) is 13.2. The molecule has 1 aromatic heterocycles. The second-order valence-corrected chi connectivity index (χ2v) is 6.01. The van der Waals surface area contributed by atoms with E-state index in [0.717, 1.165) is 35.5 Å². The van der Waals surface area contributed by atoms with Crippen LogP contribution in [0, 0.1) is 17.8 Å². The first-order valence-electron chi connectivity index (χ1n) is 7.25. The summed E-state index contributed by atoms with van der Waals surface area (Å²) < 4.78 is 5.40. The molecule has 104 valence electrons. The third-order valence-corrected chi connectivity index (χ3v) is 5.04. The number of aromatic nitrogens is 1. The second-order valence-electron chi connectivity index (χ2n) is 6.01. The third-order valence-electron chi connectivity index (χ3n) is 5.04. The van der Waals surface area contributed by atoms with Crippen molar-refractivity contribution in [2.24, 2.45) is 23.6 Å². The molecule has 4 atom stereocenters. The van der Waals surface area contributed by atoms with E-state index in [1.54, 1.807) is 13.3 Å². The van der Waals surface area contributed by atoms with Crippen molar-refractivity contribution in [3.8, 4) is 5.75 Å². The Kier molecular flexibility index (Phi) is 3.71. The molecule has 4 nitrogen and oxygen atoms in total. The number of ether oxygens (including phenoxy) is 1. The van der Waals surface area contributed by atoms with Gasteiger partial charge >= 0.3 is 0 Å². The van der Waals surface area contributed by atoms with Gasteiger partial charge < -0.3 is 4.74 Å². The Morgan fingerprint density at radius 2 is 2.37 bits per heavy atom. The van der Waals surface area contributed by atoms with Crippen molar-refractivity contribution < 1.29 is 4.74 Å². The van der Waals surface area contributed by atoms with E-state index in [2.05, 4.69) is 10.4 Å². The zero-order valence-electron chi connectivity index (χ0n) is 11.5. The lowest BCUT2D eigenvalue weighted by Gasteiger charge is -2.27. The number of rotatable bonds is 5. The highest BCUT2D eigenvalue weighted by molar-refractivity contribution is 5.32. The van der Waals surface area contributed by atoms with Crippen LogP contribution in [0.5, 0.6) is 5.75 Å². The molecule has 0 radical (unpaired) electrons. The van der Waals surface area contributed by atoms with E-state index in [9.17, 15) is 0 Å². The van der Waals surface area contributed by atoms with Crippen molar-refractivity contribution in [3.63, 3.8) is 0 Å². The summed E-state index contributed by atoms with van der Waals surface area (Å²) >= 11 is 0. The number of hydrogen-bond acceptors (Lipinski definition) is 4. The number of fused-ring (bicyclic) bond motifs is 2. The molecule has 2 fully saturated rings. The van der Waals surface area contributed by atoms with Gasteiger partial charge in [-0.2, -0.15) is 0 Å². The van der Waals surface area contributed by atoms with Crippen molar-refractivity contribution in [3.05, 3.63) is 24.0 Å². The Hall–Kier alpha value is -1.13. The Labute approximate surface area is 114 Å². The highest BCUT2D eigenvalue weighted by Gasteiger charge is 2.40. The molecule has 4 unspecified atom stereocenters. The predicted octanol–water partition coefficient (Wildman–Crippen LogP) is 2.42. The molecule has 0 spiro atoms. The fraction of sp³-hybridized carbons (Fsp3) is 0.667. The van der Waals surface area contributed by atoms with Gasteiger partial charge in [-0.3, -0.25) is 16.3 Å². The molecule has 2 aliphatic carbocycles. The standard InChI is InChI=1S/C15H23N3O/c1-19-15-9-17-5-4-13(15)14(18-16)8-12-7-10-2-3-11(12)6-10/h4-5,9-12,14,18H,2-3,6-8,16H2,1H3. The van der Waals surface area contributed by atoms with Crippen LogP contribution in [0.1, 0.15) is 43.7 Å². The molecule has 2 saturated carbocycles. The van der Waals surface area contributed by atoms with E-state index in [0.29, 0.717) is 0 Å². The monoisotopic (exact) mass is 261 g/mol. The van der Waals surface area contributed by atoms with E-state index in [1.165, 1.54) is 25.7 Å². The van der Waals surface area contributed by atoms with Crippen LogP contribution < -0.4 is 16.0 Å². The average Bonchev–Trinajstić information content (AvgIpc) is 3.07. The molecular weight excluding hydrogens is 238 g/mol. The van der Waals surface area contributed by atoms with Gasteiger partial charge in [-0.1, -0.05) is 6.42 Å². The first-order chi connectivity index (χ1) is 9.31. The SMILES string of the molecule is COc1cnccc1C(CC1CC2CCC1C2)NN. The summed E-state index contributed by atoms with van der Waals surface area (Å²) in [7, 11) is 1.69. The number of nitrogens with two attached hydrogens (primary N) is 1. The van der Waals surface area contributed by atoms with Gasteiger partial charge in [-0.25, -0.2) is 0 Å². The van der Waals surface area contributed by atoms with Gasteiger partial charge in [0.2, 0.25) is 0 Å². The number of hydrazine groups is 1. The number of hydrogen-bond donors (Lipinski definition) is 2. The van der Waals surface area contributed by atoms with Gasteiger partial charge in [0, 0.05) is 11.8 Å². The van der Waals surface area contributed by atoms with Crippen LogP contribution in [0.3, 0.4) is 0 Å². The molecule has 2 bridgehead atoms. The number of methoxy groups -OCH3 is 1. The summed E-state index contributed by atoms with van der Waals surface area (Å²) in [6.07, 6.45) is 10.4. The van der Waals surface area contributed by atoms with Gasteiger partial charge in [-0.15, -0.1) is 0 Å². The molecule has 0 aliphatic heterocycles. The van der Waals surface area contributed by atoms with E-state index in [-0.39, 0.29) is 6.04 Å². The van der Waals surface area contributed by atoms with Crippen molar-refractivity contribution in [2.75, 3.05) is 7.11 Å². The minimum atomic E-state index is 0.169. The highest BCUT2D eigenvalue weighted by atomic mass is 16.5. The van der Waals surface area contributed by atoms with Crippen LogP contribution in [-0.4, -0.2) is 12.1 Å². The lowest BCUT2D eigenvalue weighted by Crippen LogP contribution is -2.31. The second kappa shape index (κ2) is 5.47. The molecule has 0 amide bonds. The third kappa shape index (κ3) is 2.47. The van der Waals surface area contributed by atoms with Gasteiger partial charge in [0.25, 0.3) is 0 Å². The fourth-order valence-corrected chi connectivity index (χ4v) is 4.10. The summed E-state index contributed by atoms with van der Waals surface area (Å²) in [6, 6.07) is 2.18. The van der Waals surface area contributed by atoms with E-state index >= 15 is 0 Å². The first kappa shape index (κ1) is 12.9. The summed E-state index contributed by atoms with van der Waals surface area (Å²) in [5.74, 6) is 9.33. The lowest BCUT2D eigenvalue weighted by molar-refractivity contribution is 0.276. The van der Waals surface area contributed by atoms with E-state index in [1.807, 2.05) is 12.3 Å². The topological polar surface area (TPSA) is 60.2 Å². The first-order valence-corrected chi connectivity index (χ1v) is 7.25. The zero-order valence-corrected chi connectivity index (χ0v) is 11.5. The molecule has 0 aromatic carbocycles. The number of nitrogens with zero attached hydrogens (tertiary/aromatic N) is 1. The van der Waals surface area contributed by atoms with Crippen molar-refractivity contribution in [1.29, 1.82) is 0 Å². The normalized spacial score (nSPS) is 30.5. The number of pyridine rings is 1. The van der Waals surface area contributed by atoms with Crippen molar-refractivity contribution in [2.45, 2.75) is 38.1 Å². The van der Waals surface area contributed by atoms with Crippen molar-refractivity contribution >= 4 is 0 Å². The summed E-state index contributed by atoms with van der Waals surface area (Å²) in [4.78, 5) is 4.11. The van der Waals surface area contributed by atoms with Crippen LogP contribution in [0.25, 0.3) is 0 Å². The predicted molar refractivity (Wildman–Crippen MR) is 74.4 cm³/mol. The van der Waals surface area contributed by atoms with Gasteiger partial charge in [0.05, 0.1) is 19.3 Å². The summed E-state index contributed by atoms with van der Waals surface area (Å²) in [6.45, 7) is 0. The molecule has 1 aromatic rings. The van der Waals surface area contributed by atoms with Crippen LogP contribution >= 0.6 is 0 Å². The van der Waals surface area contributed by atoms with Crippen LogP contribution in [0.15, 0.2) is 18.5 Å². The van der Waals surface area contributed by atoms with Gasteiger partial charge in [0.1, 0.15) is 5.75 Å². The number of nitrogens with one attached hydrogen (secondary N) is 1. The molecule has 0 saturated heterocycles. The smallest absolute Gasteiger partial charge is 0.141 e. The molecular formula is C15H23N3O. The van der Waals surface area contributed by atoms with E-state index in [4.69, 9.17) is 10.6 Å². The quantitative estimate of drug-likeness (QED) is 0.631. The fourth-order valence-electron chi connectivity index (χ4n) is 4.10. The van der Waals surface area contributed by atoms with Crippen LogP contribution in [0.4, 0.5) is 0 Å². The Morgan fingerprint density at radius 1 is 1.47 bits per heavy atom. The van der Waals surface area contributed by atoms with Crippen LogP contribution in [0.2, 0.25) is 0 Å². The summed E-state index contributed by atoms with van der Waals surface area (Å²) in [5.41, 5.74) is 4.10. The minimum Gasteiger partial charge on any atom is -0.495 e. The Balaban J connectivity index is 1.73. The van der Waals surface area contributed by atoms with Crippen molar-refractivity contribution in [1.82, 2.24) is 10.4 Å². The van der Waals surface area contributed by atoms with Gasteiger partial charge in [-0.05, 0) is 49.5 Å². The maximum atomic E-state index is 5.78. The average molecular weight is 261 g/mol.